The lowest BCUT2D eigenvalue weighted by Crippen LogP contribution is -2.51. The van der Waals surface area contributed by atoms with Crippen molar-refractivity contribution in [1.29, 1.82) is 0 Å². The summed E-state index contributed by atoms with van der Waals surface area (Å²) in [5, 5.41) is 0. The second kappa shape index (κ2) is 7.53. The third kappa shape index (κ3) is 3.74. The number of halogens is 1. The van der Waals surface area contributed by atoms with E-state index < -0.39 is 6.04 Å². The molecule has 0 aromatic heterocycles. The van der Waals surface area contributed by atoms with E-state index in [9.17, 15) is 9.18 Å². The molecule has 1 atom stereocenters. The van der Waals surface area contributed by atoms with Crippen molar-refractivity contribution in [3.63, 3.8) is 0 Å². The zero-order valence-corrected chi connectivity index (χ0v) is 14.2. The molecule has 0 spiro atoms. The summed E-state index contributed by atoms with van der Waals surface area (Å²) in [5.74, 6) is 0.0981. The van der Waals surface area contributed by atoms with Crippen LogP contribution in [0.25, 0.3) is 0 Å². The summed E-state index contributed by atoms with van der Waals surface area (Å²) in [4.78, 5) is 16.5. The molecule has 3 rings (SSSR count). The highest BCUT2D eigenvalue weighted by atomic mass is 19.1. The summed E-state index contributed by atoms with van der Waals surface area (Å²) >= 11 is 0. The normalized spacial score (nSPS) is 15.8. The minimum absolute atomic E-state index is 0.0723. The molecule has 25 heavy (non-hydrogen) atoms. The van der Waals surface area contributed by atoms with E-state index in [0.717, 1.165) is 11.3 Å². The van der Waals surface area contributed by atoms with Crippen molar-refractivity contribution in [2.24, 2.45) is 5.73 Å². The average Bonchev–Trinajstić information content (AvgIpc) is 2.67. The van der Waals surface area contributed by atoms with Gasteiger partial charge in [0, 0.05) is 32.2 Å². The maximum Gasteiger partial charge on any atom is 0.244 e. The Kier molecular flexibility index (Phi) is 5.19. The first-order chi connectivity index (χ1) is 12.1. The van der Waals surface area contributed by atoms with Gasteiger partial charge in [0.25, 0.3) is 0 Å². The maximum absolute atomic E-state index is 13.4. The highest BCUT2D eigenvalue weighted by Crippen LogP contribution is 2.30. The van der Waals surface area contributed by atoms with Crippen molar-refractivity contribution in [2.75, 3.05) is 38.2 Å². The molecule has 5 nitrogen and oxygen atoms in total. The van der Waals surface area contributed by atoms with Crippen LogP contribution in [0.1, 0.15) is 11.6 Å². The van der Waals surface area contributed by atoms with Crippen LogP contribution in [0.3, 0.4) is 0 Å². The van der Waals surface area contributed by atoms with Crippen LogP contribution in [0, 0.1) is 5.82 Å². The minimum atomic E-state index is -0.645. The number of piperazine rings is 1. The number of amides is 1. The first kappa shape index (κ1) is 17.2. The van der Waals surface area contributed by atoms with Crippen LogP contribution < -0.4 is 15.4 Å². The molecule has 0 bridgehead atoms. The Morgan fingerprint density at radius 2 is 1.80 bits per heavy atom. The molecule has 1 fully saturated rings. The molecule has 1 heterocycles. The molecule has 2 aromatic rings. The second-order valence-corrected chi connectivity index (χ2v) is 6.02. The molecule has 1 saturated heterocycles. The van der Waals surface area contributed by atoms with Gasteiger partial charge in [-0.05, 0) is 17.7 Å². The van der Waals surface area contributed by atoms with Gasteiger partial charge in [0.2, 0.25) is 5.91 Å². The van der Waals surface area contributed by atoms with Crippen LogP contribution in [-0.4, -0.2) is 44.1 Å². The van der Waals surface area contributed by atoms with E-state index in [0.29, 0.717) is 31.9 Å². The number of hydrogen-bond acceptors (Lipinski definition) is 4. The molecule has 0 saturated carbocycles. The van der Waals surface area contributed by atoms with Crippen LogP contribution in [0.15, 0.2) is 48.5 Å². The highest BCUT2D eigenvalue weighted by molar-refractivity contribution is 5.83. The number of rotatable bonds is 4. The van der Waals surface area contributed by atoms with Gasteiger partial charge in [0.05, 0.1) is 12.8 Å². The van der Waals surface area contributed by atoms with Gasteiger partial charge in [-0.15, -0.1) is 0 Å². The molecule has 0 aliphatic carbocycles. The summed E-state index contributed by atoms with van der Waals surface area (Å²) in [5.41, 5.74) is 7.76. The van der Waals surface area contributed by atoms with E-state index in [2.05, 4.69) is 4.90 Å². The Labute approximate surface area is 146 Å². The van der Waals surface area contributed by atoms with E-state index in [1.54, 1.807) is 11.0 Å². The van der Waals surface area contributed by atoms with Crippen LogP contribution in [0.4, 0.5) is 10.1 Å². The van der Waals surface area contributed by atoms with Crippen molar-refractivity contribution in [3.05, 3.63) is 59.9 Å². The molecule has 2 aromatic carbocycles. The van der Waals surface area contributed by atoms with E-state index in [1.165, 1.54) is 19.2 Å². The quantitative estimate of drug-likeness (QED) is 0.924. The first-order valence-corrected chi connectivity index (χ1v) is 8.28. The van der Waals surface area contributed by atoms with Crippen molar-refractivity contribution >= 4 is 11.6 Å². The van der Waals surface area contributed by atoms with Crippen molar-refractivity contribution in [3.8, 4) is 5.75 Å². The number of carbonyl (C=O) groups is 1. The zero-order chi connectivity index (χ0) is 17.8. The summed E-state index contributed by atoms with van der Waals surface area (Å²) < 4.78 is 18.6. The number of nitrogens with zero attached hydrogens (tertiary/aromatic N) is 2. The fourth-order valence-electron chi connectivity index (χ4n) is 3.08. The third-order valence-corrected chi connectivity index (χ3v) is 4.50. The smallest absolute Gasteiger partial charge is 0.244 e. The van der Waals surface area contributed by atoms with Crippen molar-refractivity contribution in [2.45, 2.75) is 6.04 Å². The molecule has 1 unspecified atom stereocenters. The molecule has 6 heteroatoms. The summed E-state index contributed by atoms with van der Waals surface area (Å²) in [7, 11) is 1.52. The van der Waals surface area contributed by atoms with Crippen molar-refractivity contribution in [1.82, 2.24) is 4.90 Å². The number of anilines is 1. The lowest BCUT2D eigenvalue weighted by Gasteiger charge is -2.37. The topological polar surface area (TPSA) is 58.8 Å². The Hall–Kier alpha value is -2.60. The van der Waals surface area contributed by atoms with Crippen LogP contribution in [-0.2, 0) is 4.79 Å². The Balaban J connectivity index is 1.65. The lowest BCUT2D eigenvalue weighted by molar-refractivity contribution is -0.133. The van der Waals surface area contributed by atoms with Crippen LogP contribution in [0.5, 0.6) is 5.75 Å². The Morgan fingerprint density at radius 1 is 1.12 bits per heavy atom. The number of methoxy groups -OCH3 is 1. The van der Waals surface area contributed by atoms with E-state index in [-0.39, 0.29) is 11.7 Å². The van der Waals surface area contributed by atoms with Gasteiger partial charge in [0.1, 0.15) is 17.6 Å². The van der Waals surface area contributed by atoms with Gasteiger partial charge in [-0.25, -0.2) is 4.39 Å². The van der Waals surface area contributed by atoms with E-state index in [1.807, 2.05) is 30.3 Å². The molecule has 1 amide bonds. The van der Waals surface area contributed by atoms with Crippen LogP contribution in [0.2, 0.25) is 0 Å². The fourth-order valence-corrected chi connectivity index (χ4v) is 3.08. The predicted octanol–water partition coefficient (Wildman–Crippen LogP) is 2.18. The van der Waals surface area contributed by atoms with Crippen molar-refractivity contribution < 1.29 is 13.9 Å². The molecule has 1 aliphatic rings. The largest absolute Gasteiger partial charge is 0.494 e. The van der Waals surface area contributed by atoms with Gasteiger partial charge in [-0.3, -0.25) is 4.79 Å². The minimum Gasteiger partial charge on any atom is -0.494 e. The molecule has 132 valence electrons. The van der Waals surface area contributed by atoms with Gasteiger partial charge in [-0.2, -0.15) is 0 Å². The monoisotopic (exact) mass is 343 g/mol. The van der Waals surface area contributed by atoms with E-state index in [4.69, 9.17) is 10.5 Å². The van der Waals surface area contributed by atoms with Gasteiger partial charge in [-0.1, -0.05) is 30.3 Å². The Morgan fingerprint density at radius 3 is 2.44 bits per heavy atom. The van der Waals surface area contributed by atoms with Gasteiger partial charge in [0.15, 0.2) is 0 Å². The SMILES string of the molecule is COc1cc(F)ccc1N1CCN(C(=O)C(N)c2ccccc2)CC1. The molecular formula is C19H22FN3O2. The zero-order valence-electron chi connectivity index (χ0n) is 14.2. The molecule has 1 aliphatic heterocycles. The number of benzene rings is 2. The summed E-state index contributed by atoms with van der Waals surface area (Å²) in [6.07, 6.45) is 0. The van der Waals surface area contributed by atoms with Gasteiger partial charge >= 0.3 is 0 Å². The third-order valence-electron chi connectivity index (χ3n) is 4.50. The van der Waals surface area contributed by atoms with Gasteiger partial charge < -0.3 is 20.3 Å². The Bertz CT molecular complexity index is 731. The molecule has 2 N–H and O–H groups in total. The average molecular weight is 343 g/mol. The highest BCUT2D eigenvalue weighted by Gasteiger charge is 2.27. The maximum atomic E-state index is 13.4. The number of hydrogen-bond donors (Lipinski definition) is 1. The number of ether oxygens (including phenoxy) is 1. The second-order valence-electron chi connectivity index (χ2n) is 6.02. The first-order valence-electron chi connectivity index (χ1n) is 8.28. The van der Waals surface area contributed by atoms with Crippen LogP contribution >= 0.6 is 0 Å². The fraction of sp³-hybridized carbons (Fsp3) is 0.316. The van der Waals surface area contributed by atoms with E-state index >= 15 is 0 Å². The predicted molar refractivity (Wildman–Crippen MR) is 95.1 cm³/mol. The molecule has 0 radical (unpaired) electrons. The molecular weight excluding hydrogens is 321 g/mol. The number of carbonyl (C=O) groups excluding carboxylic acids is 1. The summed E-state index contributed by atoms with van der Waals surface area (Å²) in [6, 6.07) is 13.2. The standard InChI is InChI=1S/C19H22FN3O2/c1-25-17-13-15(20)7-8-16(17)22-9-11-23(12-10-22)19(24)18(21)14-5-3-2-4-6-14/h2-8,13,18H,9-12,21H2,1H3. The summed E-state index contributed by atoms with van der Waals surface area (Å²) in [6.45, 7) is 2.43. The lowest BCUT2D eigenvalue weighted by atomic mass is 10.1. The number of nitrogens with two attached hydrogens (primary N) is 1.